The molecule has 0 amide bonds. The van der Waals surface area contributed by atoms with E-state index in [9.17, 15) is 0 Å². The molecule has 2 unspecified atom stereocenters. The van der Waals surface area contributed by atoms with Crippen LogP contribution in [0.4, 0.5) is 0 Å². The van der Waals surface area contributed by atoms with E-state index in [-0.39, 0.29) is 6.04 Å². The maximum absolute atomic E-state index is 6.41. The van der Waals surface area contributed by atoms with Gasteiger partial charge >= 0.3 is 0 Å². The van der Waals surface area contributed by atoms with Crippen molar-refractivity contribution >= 4 is 0 Å². The summed E-state index contributed by atoms with van der Waals surface area (Å²) < 4.78 is 11.1. The van der Waals surface area contributed by atoms with Gasteiger partial charge in [-0.05, 0) is 37.8 Å². The summed E-state index contributed by atoms with van der Waals surface area (Å²) in [6.07, 6.45) is 2.24. The van der Waals surface area contributed by atoms with Crippen LogP contribution in [0.15, 0.2) is 12.1 Å². The Labute approximate surface area is 109 Å². The van der Waals surface area contributed by atoms with Crippen LogP contribution in [-0.2, 0) is 4.74 Å². The number of hydrogen-bond acceptors (Lipinski definition) is 3. The highest BCUT2D eigenvalue weighted by Crippen LogP contribution is 2.35. The molecule has 0 radical (unpaired) electrons. The summed E-state index contributed by atoms with van der Waals surface area (Å²) in [5, 5.41) is 0. The zero-order chi connectivity index (χ0) is 13.1. The average molecular weight is 249 g/mol. The van der Waals surface area contributed by atoms with Crippen molar-refractivity contribution in [2.75, 3.05) is 20.3 Å². The number of hydrogen-bond donors (Lipinski definition) is 1. The second-order valence-corrected chi connectivity index (χ2v) is 5.13. The number of ether oxygens (including phenoxy) is 2. The van der Waals surface area contributed by atoms with Crippen molar-refractivity contribution in [3.8, 4) is 5.75 Å². The van der Waals surface area contributed by atoms with Crippen LogP contribution < -0.4 is 10.5 Å². The molecule has 3 nitrogen and oxygen atoms in total. The third kappa shape index (κ3) is 2.52. The van der Waals surface area contributed by atoms with Crippen LogP contribution in [0.1, 0.15) is 35.6 Å². The zero-order valence-electron chi connectivity index (χ0n) is 11.5. The second kappa shape index (κ2) is 5.72. The molecule has 0 spiro atoms. The molecule has 1 heterocycles. The monoisotopic (exact) mass is 249 g/mol. The Bertz CT molecular complexity index is 411. The van der Waals surface area contributed by atoms with Gasteiger partial charge in [0.25, 0.3) is 0 Å². The van der Waals surface area contributed by atoms with E-state index in [0.29, 0.717) is 5.92 Å². The van der Waals surface area contributed by atoms with Crippen molar-refractivity contribution in [1.29, 1.82) is 0 Å². The van der Waals surface area contributed by atoms with Crippen LogP contribution in [-0.4, -0.2) is 20.3 Å². The van der Waals surface area contributed by atoms with Crippen molar-refractivity contribution in [3.05, 3.63) is 28.8 Å². The highest BCUT2D eigenvalue weighted by atomic mass is 16.5. The number of methoxy groups -OCH3 is 1. The van der Waals surface area contributed by atoms with E-state index in [4.69, 9.17) is 15.2 Å². The van der Waals surface area contributed by atoms with Crippen LogP contribution in [0.2, 0.25) is 0 Å². The van der Waals surface area contributed by atoms with Gasteiger partial charge < -0.3 is 15.2 Å². The third-order valence-corrected chi connectivity index (χ3v) is 3.97. The molecule has 1 fully saturated rings. The maximum atomic E-state index is 6.41. The van der Waals surface area contributed by atoms with E-state index in [1.165, 1.54) is 11.1 Å². The number of nitrogens with two attached hydrogens (primary N) is 1. The van der Waals surface area contributed by atoms with Crippen LogP contribution in [0.3, 0.4) is 0 Å². The molecular formula is C15H23NO2. The van der Waals surface area contributed by atoms with Crippen LogP contribution in [0.25, 0.3) is 0 Å². The van der Waals surface area contributed by atoms with E-state index < -0.39 is 0 Å². The standard InChI is InChI=1S/C15H23NO2/c1-10-6-7-13(15(17-3)11(10)2)14(16)12-5-4-8-18-9-12/h6-7,12,14H,4-5,8-9,16H2,1-3H3. The Hall–Kier alpha value is -1.06. The van der Waals surface area contributed by atoms with E-state index in [0.717, 1.165) is 37.4 Å². The summed E-state index contributed by atoms with van der Waals surface area (Å²) in [7, 11) is 1.72. The molecule has 2 rings (SSSR count). The molecule has 1 aliphatic heterocycles. The van der Waals surface area contributed by atoms with Gasteiger partial charge in [0, 0.05) is 24.1 Å². The van der Waals surface area contributed by atoms with Crippen molar-refractivity contribution in [3.63, 3.8) is 0 Å². The molecule has 2 N–H and O–H groups in total. The Morgan fingerprint density at radius 3 is 2.78 bits per heavy atom. The smallest absolute Gasteiger partial charge is 0.126 e. The molecule has 1 aromatic rings. The van der Waals surface area contributed by atoms with Gasteiger partial charge in [0.15, 0.2) is 0 Å². The zero-order valence-corrected chi connectivity index (χ0v) is 11.5. The first kappa shape index (κ1) is 13.4. The molecule has 1 aromatic carbocycles. The molecule has 2 atom stereocenters. The first-order valence-electron chi connectivity index (χ1n) is 6.62. The van der Waals surface area contributed by atoms with Gasteiger partial charge in [-0.25, -0.2) is 0 Å². The van der Waals surface area contributed by atoms with E-state index in [1.807, 2.05) is 0 Å². The fourth-order valence-electron chi connectivity index (χ4n) is 2.65. The van der Waals surface area contributed by atoms with Gasteiger partial charge in [-0.1, -0.05) is 12.1 Å². The molecule has 1 aliphatic rings. The van der Waals surface area contributed by atoms with Gasteiger partial charge in [0.1, 0.15) is 5.75 Å². The summed E-state index contributed by atoms with van der Waals surface area (Å²) in [6.45, 7) is 5.81. The van der Waals surface area contributed by atoms with Gasteiger partial charge in [-0.3, -0.25) is 0 Å². The molecular weight excluding hydrogens is 226 g/mol. The van der Waals surface area contributed by atoms with Crippen LogP contribution >= 0.6 is 0 Å². The Morgan fingerprint density at radius 1 is 1.39 bits per heavy atom. The predicted octanol–water partition coefficient (Wildman–Crippen LogP) is 2.74. The normalized spacial score (nSPS) is 21.7. The fourth-order valence-corrected chi connectivity index (χ4v) is 2.65. The SMILES string of the molecule is COc1c(C(N)C2CCCOC2)ccc(C)c1C. The van der Waals surface area contributed by atoms with Crippen molar-refractivity contribution in [2.45, 2.75) is 32.7 Å². The summed E-state index contributed by atoms with van der Waals surface area (Å²) in [5.74, 6) is 1.34. The Kier molecular flexibility index (Phi) is 4.25. The minimum atomic E-state index is -0.000417. The molecule has 1 saturated heterocycles. The minimum absolute atomic E-state index is 0.000417. The number of benzene rings is 1. The molecule has 3 heteroatoms. The maximum Gasteiger partial charge on any atom is 0.126 e. The molecule has 0 bridgehead atoms. The lowest BCUT2D eigenvalue weighted by Gasteiger charge is -2.29. The molecule has 0 aliphatic carbocycles. The van der Waals surface area contributed by atoms with Crippen LogP contribution in [0, 0.1) is 19.8 Å². The highest BCUT2D eigenvalue weighted by Gasteiger charge is 2.25. The third-order valence-electron chi connectivity index (χ3n) is 3.97. The Balaban J connectivity index is 2.28. The first-order chi connectivity index (χ1) is 8.65. The van der Waals surface area contributed by atoms with Gasteiger partial charge in [0.05, 0.1) is 13.7 Å². The molecule has 100 valence electrons. The lowest BCUT2D eigenvalue weighted by molar-refractivity contribution is 0.0444. The molecule has 18 heavy (non-hydrogen) atoms. The summed E-state index contributed by atoms with van der Waals surface area (Å²) in [4.78, 5) is 0. The van der Waals surface area contributed by atoms with Gasteiger partial charge in [-0.15, -0.1) is 0 Å². The Morgan fingerprint density at radius 2 is 2.17 bits per heavy atom. The molecule has 0 aromatic heterocycles. The van der Waals surface area contributed by atoms with Crippen molar-refractivity contribution in [2.24, 2.45) is 11.7 Å². The lowest BCUT2D eigenvalue weighted by atomic mass is 9.87. The lowest BCUT2D eigenvalue weighted by Crippen LogP contribution is -2.29. The predicted molar refractivity (Wildman–Crippen MR) is 72.9 cm³/mol. The van der Waals surface area contributed by atoms with Gasteiger partial charge in [-0.2, -0.15) is 0 Å². The second-order valence-electron chi connectivity index (χ2n) is 5.13. The fraction of sp³-hybridized carbons (Fsp3) is 0.600. The first-order valence-corrected chi connectivity index (χ1v) is 6.62. The highest BCUT2D eigenvalue weighted by molar-refractivity contribution is 5.46. The van der Waals surface area contributed by atoms with Crippen molar-refractivity contribution < 1.29 is 9.47 Å². The minimum Gasteiger partial charge on any atom is -0.496 e. The topological polar surface area (TPSA) is 44.5 Å². The summed E-state index contributed by atoms with van der Waals surface area (Å²) >= 11 is 0. The van der Waals surface area contributed by atoms with E-state index in [2.05, 4.69) is 26.0 Å². The number of rotatable bonds is 3. The summed E-state index contributed by atoms with van der Waals surface area (Å²) in [5.41, 5.74) is 9.93. The van der Waals surface area contributed by atoms with E-state index in [1.54, 1.807) is 7.11 Å². The van der Waals surface area contributed by atoms with Crippen LogP contribution in [0.5, 0.6) is 5.75 Å². The largest absolute Gasteiger partial charge is 0.496 e. The number of aryl methyl sites for hydroxylation is 1. The van der Waals surface area contributed by atoms with Gasteiger partial charge in [0.2, 0.25) is 0 Å². The quantitative estimate of drug-likeness (QED) is 0.895. The average Bonchev–Trinajstić information content (AvgIpc) is 2.42. The van der Waals surface area contributed by atoms with E-state index >= 15 is 0 Å². The van der Waals surface area contributed by atoms with Crippen molar-refractivity contribution in [1.82, 2.24) is 0 Å². The summed E-state index contributed by atoms with van der Waals surface area (Å²) in [6, 6.07) is 4.22. The molecule has 0 saturated carbocycles.